The summed E-state index contributed by atoms with van der Waals surface area (Å²) in [6, 6.07) is 7.91. The summed E-state index contributed by atoms with van der Waals surface area (Å²) in [6.45, 7) is 2.40. The van der Waals surface area contributed by atoms with E-state index in [1.165, 1.54) is 24.8 Å². The van der Waals surface area contributed by atoms with Gasteiger partial charge in [-0.25, -0.2) is 8.42 Å². The Morgan fingerprint density at radius 1 is 1.25 bits per heavy atom. The van der Waals surface area contributed by atoms with Gasteiger partial charge in [0.15, 0.2) is 9.84 Å². The van der Waals surface area contributed by atoms with Crippen LogP contribution < -0.4 is 5.32 Å². The van der Waals surface area contributed by atoms with Crippen LogP contribution in [0.1, 0.15) is 38.2 Å². The molecule has 1 atom stereocenters. The second-order valence-electron chi connectivity index (χ2n) is 6.67. The van der Waals surface area contributed by atoms with E-state index in [2.05, 4.69) is 24.4 Å². The number of unbranched alkanes of at least 4 members (excludes halogenated alkanes) is 2. The summed E-state index contributed by atoms with van der Waals surface area (Å²) in [7, 11) is -1.12. The Hall–Kier alpha value is -1.40. The molecule has 0 aromatic heterocycles. The second-order valence-corrected chi connectivity index (χ2v) is 8.90. The first-order valence-electron chi connectivity index (χ1n) is 8.69. The van der Waals surface area contributed by atoms with Gasteiger partial charge < -0.3 is 5.32 Å². The Balaban J connectivity index is 1.79. The number of nitrogens with one attached hydrogen (secondary N) is 1. The van der Waals surface area contributed by atoms with Gasteiger partial charge in [0, 0.05) is 11.7 Å². The summed E-state index contributed by atoms with van der Waals surface area (Å²) in [5, 5.41) is 2.88. The highest BCUT2D eigenvalue weighted by molar-refractivity contribution is 7.91. The zero-order valence-electron chi connectivity index (χ0n) is 14.6. The maximum Gasteiger partial charge on any atom is 0.238 e. The molecule has 0 aliphatic carbocycles. The molecule has 1 fully saturated rings. The number of nitrogens with zero attached hydrogens (tertiary/aromatic N) is 1. The van der Waals surface area contributed by atoms with Crippen molar-refractivity contribution in [1.82, 2.24) is 4.90 Å². The number of carbonyl (C=O) groups is 1. The Bertz CT molecular complexity index is 641. The molecule has 1 heterocycles. The van der Waals surface area contributed by atoms with Crippen molar-refractivity contribution in [2.75, 3.05) is 30.4 Å². The first-order valence-corrected chi connectivity index (χ1v) is 10.5. The van der Waals surface area contributed by atoms with Crippen molar-refractivity contribution >= 4 is 21.4 Å². The van der Waals surface area contributed by atoms with Crippen molar-refractivity contribution in [1.29, 1.82) is 0 Å². The number of benzene rings is 1. The summed E-state index contributed by atoms with van der Waals surface area (Å²) >= 11 is 0. The van der Waals surface area contributed by atoms with E-state index < -0.39 is 9.84 Å². The maximum absolute atomic E-state index is 12.1. The molecule has 2 rings (SSSR count). The molecule has 0 radical (unpaired) electrons. The Kier molecular flexibility index (Phi) is 6.80. The van der Waals surface area contributed by atoms with Crippen LogP contribution in [0.2, 0.25) is 0 Å². The molecule has 134 valence electrons. The number of sulfone groups is 1. The molecule has 0 bridgehead atoms. The molecule has 1 aliphatic heterocycles. The highest BCUT2D eigenvalue weighted by Gasteiger charge is 2.31. The van der Waals surface area contributed by atoms with Crippen molar-refractivity contribution in [3.8, 4) is 0 Å². The van der Waals surface area contributed by atoms with Crippen LogP contribution in [0.5, 0.6) is 0 Å². The van der Waals surface area contributed by atoms with Gasteiger partial charge in [0.2, 0.25) is 5.91 Å². The van der Waals surface area contributed by atoms with E-state index in [-0.39, 0.29) is 30.0 Å². The lowest BCUT2D eigenvalue weighted by atomic mass is 10.1. The molecule has 1 unspecified atom stereocenters. The number of rotatable bonds is 8. The van der Waals surface area contributed by atoms with Gasteiger partial charge in [-0.1, -0.05) is 31.9 Å². The standard InChI is InChI=1S/C18H28N2O3S/c1-3-4-5-6-15-7-9-16(10-8-15)19-18(21)13-20(2)17-11-12-24(22,23)14-17/h7-10,17H,3-6,11-14H2,1-2H3,(H,19,21). The van der Waals surface area contributed by atoms with Crippen molar-refractivity contribution in [2.24, 2.45) is 0 Å². The summed E-state index contributed by atoms with van der Waals surface area (Å²) in [4.78, 5) is 14.0. The quantitative estimate of drug-likeness (QED) is 0.730. The van der Waals surface area contributed by atoms with Crippen LogP contribution in [0, 0.1) is 0 Å². The largest absolute Gasteiger partial charge is 0.325 e. The summed E-state index contributed by atoms with van der Waals surface area (Å²) < 4.78 is 23.0. The second kappa shape index (κ2) is 8.62. The Labute approximate surface area is 145 Å². The third-order valence-corrected chi connectivity index (χ3v) is 6.28. The highest BCUT2D eigenvalue weighted by Crippen LogP contribution is 2.17. The molecule has 0 saturated carbocycles. The van der Waals surface area contributed by atoms with Gasteiger partial charge >= 0.3 is 0 Å². The third-order valence-electron chi connectivity index (χ3n) is 4.53. The third kappa shape index (κ3) is 5.91. The van der Waals surface area contributed by atoms with Crippen molar-refractivity contribution < 1.29 is 13.2 Å². The minimum absolute atomic E-state index is 0.0540. The smallest absolute Gasteiger partial charge is 0.238 e. The van der Waals surface area contributed by atoms with E-state index in [0.717, 1.165) is 12.1 Å². The summed E-state index contributed by atoms with van der Waals surface area (Å²) in [5.41, 5.74) is 2.07. The summed E-state index contributed by atoms with van der Waals surface area (Å²) in [5.74, 6) is 0.271. The van der Waals surface area contributed by atoms with Gasteiger partial charge in [-0.3, -0.25) is 9.69 Å². The van der Waals surface area contributed by atoms with Crippen LogP contribution >= 0.6 is 0 Å². The van der Waals surface area contributed by atoms with Crippen molar-refractivity contribution in [3.63, 3.8) is 0 Å². The molecule has 1 aliphatic rings. The molecule has 0 spiro atoms. The number of hydrogen-bond acceptors (Lipinski definition) is 4. The molecular weight excluding hydrogens is 324 g/mol. The SMILES string of the molecule is CCCCCc1ccc(NC(=O)CN(C)C2CCS(=O)(=O)C2)cc1. The lowest BCUT2D eigenvalue weighted by Crippen LogP contribution is -2.38. The van der Waals surface area contributed by atoms with Crippen molar-refractivity contribution in [2.45, 2.75) is 45.1 Å². The Morgan fingerprint density at radius 2 is 1.96 bits per heavy atom. The van der Waals surface area contributed by atoms with Crippen LogP contribution in [0.15, 0.2) is 24.3 Å². The predicted molar refractivity (Wildman–Crippen MR) is 98.0 cm³/mol. The fraction of sp³-hybridized carbons (Fsp3) is 0.611. The fourth-order valence-corrected chi connectivity index (χ4v) is 4.82. The topological polar surface area (TPSA) is 66.5 Å². The normalized spacial score (nSPS) is 19.5. The molecule has 1 aromatic rings. The van der Waals surface area contributed by atoms with Gasteiger partial charge in [0.1, 0.15) is 0 Å². The molecule has 1 saturated heterocycles. The first kappa shape index (κ1) is 18.9. The van der Waals surface area contributed by atoms with Crippen LogP contribution in [0.3, 0.4) is 0 Å². The number of anilines is 1. The number of hydrogen-bond donors (Lipinski definition) is 1. The first-order chi connectivity index (χ1) is 11.4. The average molecular weight is 353 g/mol. The molecule has 5 nitrogen and oxygen atoms in total. The summed E-state index contributed by atoms with van der Waals surface area (Å²) in [6.07, 6.45) is 5.32. The van der Waals surface area contributed by atoms with E-state index in [4.69, 9.17) is 0 Å². The zero-order valence-corrected chi connectivity index (χ0v) is 15.4. The molecular formula is C18H28N2O3S. The molecule has 1 amide bonds. The van der Waals surface area contributed by atoms with Crippen LogP contribution in [-0.2, 0) is 21.1 Å². The lowest BCUT2D eigenvalue weighted by molar-refractivity contribution is -0.117. The van der Waals surface area contributed by atoms with E-state index >= 15 is 0 Å². The number of carbonyl (C=O) groups excluding carboxylic acids is 1. The minimum Gasteiger partial charge on any atom is -0.325 e. The fourth-order valence-electron chi connectivity index (χ4n) is 3.01. The van der Waals surface area contributed by atoms with Crippen LogP contribution in [-0.4, -0.2) is 50.4 Å². The average Bonchev–Trinajstić information content (AvgIpc) is 2.89. The Morgan fingerprint density at radius 3 is 2.54 bits per heavy atom. The van der Waals surface area contributed by atoms with Gasteiger partial charge in [-0.15, -0.1) is 0 Å². The van der Waals surface area contributed by atoms with Gasteiger partial charge in [0.05, 0.1) is 18.1 Å². The highest BCUT2D eigenvalue weighted by atomic mass is 32.2. The monoisotopic (exact) mass is 352 g/mol. The predicted octanol–water partition coefficient (Wildman–Crippen LogP) is 2.48. The number of likely N-dealkylation sites (N-methyl/N-ethyl adjacent to an activating group) is 1. The van der Waals surface area contributed by atoms with E-state index in [9.17, 15) is 13.2 Å². The van der Waals surface area contributed by atoms with Crippen molar-refractivity contribution in [3.05, 3.63) is 29.8 Å². The number of amides is 1. The van der Waals surface area contributed by atoms with Gasteiger partial charge in [-0.05, 0) is 44.0 Å². The van der Waals surface area contributed by atoms with Gasteiger partial charge in [-0.2, -0.15) is 0 Å². The molecule has 1 aromatic carbocycles. The molecule has 24 heavy (non-hydrogen) atoms. The zero-order chi connectivity index (χ0) is 17.6. The molecule has 1 N–H and O–H groups in total. The van der Waals surface area contributed by atoms with E-state index in [1.54, 1.807) is 0 Å². The van der Waals surface area contributed by atoms with E-state index in [1.807, 2.05) is 24.1 Å². The number of aryl methyl sites for hydroxylation is 1. The molecule has 6 heteroatoms. The van der Waals surface area contributed by atoms with Crippen LogP contribution in [0.25, 0.3) is 0 Å². The van der Waals surface area contributed by atoms with Crippen LogP contribution in [0.4, 0.5) is 5.69 Å². The van der Waals surface area contributed by atoms with E-state index in [0.29, 0.717) is 6.42 Å². The lowest BCUT2D eigenvalue weighted by Gasteiger charge is -2.22. The maximum atomic E-state index is 12.1. The van der Waals surface area contributed by atoms with Gasteiger partial charge in [0.25, 0.3) is 0 Å². The minimum atomic E-state index is -2.92.